The fraction of sp³-hybridized carbons (Fsp3) is 1.00. The summed E-state index contributed by atoms with van der Waals surface area (Å²) in [6, 6.07) is 0. The lowest BCUT2D eigenvalue weighted by molar-refractivity contribution is 0.144. The van der Waals surface area contributed by atoms with E-state index in [1.54, 1.807) is 6.92 Å². The average Bonchev–Trinajstić information content (AvgIpc) is 2.31. The molecule has 5 nitrogen and oxygen atoms in total. The van der Waals surface area contributed by atoms with Gasteiger partial charge in [-0.05, 0) is 19.9 Å². The minimum Gasteiger partial charge on any atom is -0.379 e. The molecule has 0 saturated heterocycles. The van der Waals surface area contributed by atoms with Gasteiger partial charge in [0.25, 0.3) is 0 Å². The van der Waals surface area contributed by atoms with E-state index in [0.717, 1.165) is 13.1 Å². The van der Waals surface area contributed by atoms with Gasteiger partial charge in [-0.2, -0.15) is 0 Å². The zero-order chi connectivity index (χ0) is 13.7. The first-order valence-corrected chi connectivity index (χ1v) is 8.63. The number of hydrogen-bond donors (Lipinski definition) is 2. The quantitative estimate of drug-likeness (QED) is 0.401. The van der Waals surface area contributed by atoms with E-state index in [4.69, 9.17) is 9.26 Å². The van der Waals surface area contributed by atoms with Crippen molar-refractivity contribution < 1.29 is 18.7 Å². The van der Waals surface area contributed by atoms with Crippen molar-refractivity contribution in [3.63, 3.8) is 0 Å². The molecule has 18 heavy (non-hydrogen) atoms. The molecule has 6 heteroatoms. The van der Waals surface area contributed by atoms with Crippen molar-refractivity contribution in [2.75, 3.05) is 39.1 Å². The van der Waals surface area contributed by atoms with E-state index < -0.39 is 7.60 Å². The Morgan fingerprint density at radius 3 is 2.56 bits per heavy atom. The molecule has 0 aromatic rings. The summed E-state index contributed by atoms with van der Waals surface area (Å²) in [5, 5.41) is 3.28. The topological polar surface area (TPSA) is 67.8 Å². The van der Waals surface area contributed by atoms with Crippen LogP contribution in [0.1, 0.15) is 39.5 Å². The molecule has 0 spiro atoms. The molecule has 0 heterocycles. The first-order valence-electron chi connectivity index (χ1n) is 6.87. The van der Waals surface area contributed by atoms with Gasteiger partial charge < -0.3 is 19.5 Å². The Hall–Kier alpha value is 0.0700. The van der Waals surface area contributed by atoms with Gasteiger partial charge in [-0.3, -0.25) is 4.57 Å². The highest BCUT2D eigenvalue weighted by molar-refractivity contribution is 7.52. The molecule has 0 aromatic carbocycles. The number of nitrogens with one attached hydrogen (secondary N) is 1. The zero-order valence-corrected chi connectivity index (χ0v) is 12.6. The number of unbranched alkanes of at least 4 members (excludes halogenated alkanes) is 3. The van der Waals surface area contributed by atoms with Crippen LogP contribution in [0.3, 0.4) is 0 Å². The molecule has 0 aliphatic heterocycles. The SMILES string of the molecule is CCCCCCNCCOCCP(=O)(O)OCC. The van der Waals surface area contributed by atoms with Crippen LogP contribution in [0.4, 0.5) is 0 Å². The van der Waals surface area contributed by atoms with Gasteiger partial charge in [0.2, 0.25) is 0 Å². The maximum atomic E-state index is 11.3. The zero-order valence-electron chi connectivity index (χ0n) is 11.7. The molecule has 2 N–H and O–H groups in total. The van der Waals surface area contributed by atoms with Crippen LogP contribution < -0.4 is 5.32 Å². The van der Waals surface area contributed by atoms with Crippen LogP contribution in [0.15, 0.2) is 0 Å². The van der Waals surface area contributed by atoms with Crippen LogP contribution in [0.25, 0.3) is 0 Å². The van der Waals surface area contributed by atoms with Gasteiger partial charge in [0.1, 0.15) is 0 Å². The summed E-state index contributed by atoms with van der Waals surface area (Å²) in [6.45, 7) is 6.80. The van der Waals surface area contributed by atoms with Crippen molar-refractivity contribution in [3.8, 4) is 0 Å². The molecule has 0 rings (SSSR count). The lowest BCUT2D eigenvalue weighted by atomic mass is 10.2. The summed E-state index contributed by atoms with van der Waals surface area (Å²) < 4.78 is 21.3. The second-order valence-electron chi connectivity index (χ2n) is 4.20. The molecule has 0 amide bonds. The van der Waals surface area contributed by atoms with Gasteiger partial charge in [-0.1, -0.05) is 26.2 Å². The highest BCUT2D eigenvalue weighted by atomic mass is 31.2. The van der Waals surface area contributed by atoms with Gasteiger partial charge in [-0.15, -0.1) is 0 Å². The predicted octanol–water partition coefficient (Wildman–Crippen LogP) is 2.39. The van der Waals surface area contributed by atoms with Crippen molar-refractivity contribution in [3.05, 3.63) is 0 Å². The Morgan fingerprint density at radius 1 is 1.11 bits per heavy atom. The van der Waals surface area contributed by atoms with Crippen LogP contribution in [0, 0.1) is 0 Å². The molecule has 0 radical (unpaired) electrons. The molecule has 1 atom stereocenters. The first kappa shape index (κ1) is 18.1. The summed E-state index contributed by atoms with van der Waals surface area (Å²) in [5.41, 5.74) is 0. The summed E-state index contributed by atoms with van der Waals surface area (Å²) in [4.78, 5) is 9.28. The highest BCUT2D eigenvalue weighted by Gasteiger charge is 2.17. The Morgan fingerprint density at radius 2 is 1.89 bits per heavy atom. The van der Waals surface area contributed by atoms with Gasteiger partial charge in [0.05, 0.1) is 26.0 Å². The van der Waals surface area contributed by atoms with Crippen LogP contribution in [0.2, 0.25) is 0 Å². The highest BCUT2D eigenvalue weighted by Crippen LogP contribution is 2.40. The standard InChI is InChI=1S/C12H28NO4P/c1-3-5-6-7-8-13-9-10-16-11-12-18(14,15)17-4-2/h13H,3-12H2,1-2H3,(H,14,15). The minimum absolute atomic E-state index is 0.0668. The summed E-state index contributed by atoms with van der Waals surface area (Å²) in [5.74, 6) is 0. The molecule has 0 aromatic heterocycles. The summed E-state index contributed by atoms with van der Waals surface area (Å²) >= 11 is 0. The number of ether oxygens (including phenoxy) is 1. The molecular weight excluding hydrogens is 253 g/mol. The number of rotatable bonds is 13. The maximum absolute atomic E-state index is 11.3. The molecule has 1 unspecified atom stereocenters. The lowest BCUT2D eigenvalue weighted by Gasteiger charge is -2.11. The van der Waals surface area contributed by atoms with E-state index in [1.165, 1.54) is 25.7 Å². The monoisotopic (exact) mass is 281 g/mol. The first-order chi connectivity index (χ1) is 8.62. The molecule has 0 fully saturated rings. The minimum atomic E-state index is -3.41. The smallest absolute Gasteiger partial charge is 0.330 e. The van der Waals surface area contributed by atoms with Crippen molar-refractivity contribution in [2.24, 2.45) is 0 Å². The third-order valence-corrected chi connectivity index (χ3v) is 3.89. The van der Waals surface area contributed by atoms with Gasteiger partial charge in [-0.25, -0.2) is 0 Å². The fourth-order valence-corrected chi connectivity index (χ4v) is 2.39. The Labute approximate surface area is 111 Å². The third-order valence-electron chi connectivity index (χ3n) is 2.48. The van der Waals surface area contributed by atoms with E-state index in [2.05, 4.69) is 12.2 Å². The maximum Gasteiger partial charge on any atom is 0.330 e. The molecule has 110 valence electrons. The largest absolute Gasteiger partial charge is 0.379 e. The van der Waals surface area contributed by atoms with Crippen molar-refractivity contribution in [1.82, 2.24) is 5.32 Å². The normalized spacial score (nSPS) is 14.6. The Balaban J connectivity index is 3.18. The van der Waals surface area contributed by atoms with E-state index in [9.17, 15) is 9.46 Å². The van der Waals surface area contributed by atoms with Crippen LogP contribution >= 0.6 is 7.60 Å². The van der Waals surface area contributed by atoms with Gasteiger partial charge >= 0.3 is 7.60 Å². The summed E-state index contributed by atoms with van der Waals surface area (Å²) in [6.07, 6.45) is 5.08. The Kier molecular flexibility index (Phi) is 12.2. The van der Waals surface area contributed by atoms with E-state index in [1.807, 2.05) is 0 Å². The van der Waals surface area contributed by atoms with E-state index in [-0.39, 0.29) is 19.4 Å². The molecule has 0 aliphatic carbocycles. The number of hydrogen-bond acceptors (Lipinski definition) is 4. The van der Waals surface area contributed by atoms with Crippen molar-refractivity contribution >= 4 is 7.60 Å². The molecule has 0 aliphatic rings. The van der Waals surface area contributed by atoms with Gasteiger partial charge in [0, 0.05) is 6.54 Å². The van der Waals surface area contributed by atoms with Crippen molar-refractivity contribution in [1.29, 1.82) is 0 Å². The summed E-state index contributed by atoms with van der Waals surface area (Å²) in [7, 11) is -3.41. The second kappa shape index (κ2) is 12.1. The molecule has 0 saturated carbocycles. The Bertz CT molecular complexity index is 226. The molecular formula is C12H28NO4P. The van der Waals surface area contributed by atoms with Gasteiger partial charge in [0.15, 0.2) is 0 Å². The van der Waals surface area contributed by atoms with Crippen LogP contribution in [0.5, 0.6) is 0 Å². The average molecular weight is 281 g/mol. The van der Waals surface area contributed by atoms with E-state index in [0.29, 0.717) is 6.61 Å². The van der Waals surface area contributed by atoms with Crippen molar-refractivity contribution in [2.45, 2.75) is 39.5 Å². The van der Waals surface area contributed by atoms with E-state index >= 15 is 0 Å². The van der Waals surface area contributed by atoms with Crippen LogP contribution in [-0.2, 0) is 13.8 Å². The van der Waals surface area contributed by atoms with Crippen LogP contribution in [-0.4, -0.2) is 44.0 Å². The third kappa shape index (κ3) is 12.5. The predicted molar refractivity (Wildman–Crippen MR) is 74.1 cm³/mol. The lowest BCUT2D eigenvalue weighted by Crippen LogP contribution is -2.21. The molecule has 0 bridgehead atoms. The second-order valence-corrected chi connectivity index (χ2v) is 6.18. The fourth-order valence-electron chi connectivity index (χ4n) is 1.49.